The van der Waals surface area contributed by atoms with Gasteiger partial charge in [0.05, 0.1) is 6.26 Å². The van der Waals surface area contributed by atoms with E-state index in [-0.39, 0.29) is 36.5 Å². The largest absolute Gasteiger partial charge is 0.484 e. The van der Waals surface area contributed by atoms with Gasteiger partial charge >= 0.3 is 0 Å². The molecule has 0 spiro atoms. The molecule has 144 valence electrons. The molecule has 0 bridgehead atoms. The minimum atomic E-state index is -0.381. The summed E-state index contributed by atoms with van der Waals surface area (Å²) < 4.78 is 23.8. The minimum absolute atomic E-state index is 0.179. The van der Waals surface area contributed by atoms with Crippen LogP contribution in [0.15, 0.2) is 71.3 Å². The summed E-state index contributed by atoms with van der Waals surface area (Å²) in [5.41, 5.74) is 1.21. The second-order valence-corrected chi connectivity index (χ2v) is 6.13. The number of likely N-dealkylation sites (N-methyl/N-ethyl adjacent to an activating group) is 1. The highest BCUT2D eigenvalue weighted by Crippen LogP contribution is 2.18. The molecule has 1 heterocycles. The normalized spacial score (nSPS) is 10.4. The van der Waals surface area contributed by atoms with E-state index < -0.39 is 0 Å². The van der Waals surface area contributed by atoms with Crippen LogP contribution in [-0.4, -0.2) is 30.4 Å². The molecule has 7 heteroatoms. The number of nitrogens with zero attached hydrogens (tertiary/aromatic N) is 1. The molecule has 2 aromatic carbocycles. The summed E-state index contributed by atoms with van der Waals surface area (Å²) in [4.78, 5) is 25.7. The summed E-state index contributed by atoms with van der Waals surface area (Å²) in [7, 11) is 1.62. The van der Waals surface area contributed by atoms with Crippen LogP contribution in [0.5, 0.6) is 5.75 Å². The summed E-state index contributed by atoms with van der Waals surface area (Å²) >= 11 is 0. The van der Waals surface area contributed by atoms with E-state index in [0.717, 1.165) is 0 Å². The molecule has 0 unspecified atom stereocenters. The van der Waals surface area contributed by atoms with E-state index in [4.69, 9.17) is 9.15 Å². The Morgan fingerprint density at radius 3 is 2.68 bits per heavy atom. The number of halogens is 1. The maximum Gasteiger partial charge on any atom is 0.291 e. The fraction of sp³-hybridized carbons (Fsp3) is 0.143. The minimum Gasteiger partial charge on any atom is -0.484 e. The molecule has 0 aliphatic rings. The van der Waals surface area contributed by atoms with E-state index in [1.165, 1.54) is 23.3 Å². The van der Waals surface area contributed by atoms with Crippen molar-refractivity contribution < 1.29 is 23.1 Å². The molecule has 0 saturated heterocycles. The van der Waals surface area contributed by atoms with Crippen LogP contribution in [0, 0.1) is 5.82 Å². The van der Waals surface area contributed by atoms with E-state index in [1.54, 1.807) is 55.6 Å². The van der Waals surface area contributed by atoms with Crippen LogP contribution in [0.25, 0.3) is 0 Å². The number of nitrogens with one attached hydrogen (secondary N) is 1. The molecule has 0 atom stereocenters. The van der Waals surface area contributed by atoms with Crippen LogP contribution in [0.1, 0.15) is 16.1 Å². The molecule has 3 rings (SSSR count). The maximum atomic E-state index is 13.2. The van der Waals surface area contributed by atoms with Gasteiger partial charge in [0.25, 0.3) is 11.8 Å². The summed E-state index contributed by atoms with van der Waals surface area (Å²) in [6, 6.07) is 16.0. The molecule has 0 radical (unpaired) electrons. The molecular formula is C21H19FN2O4. The van der Waals surface area contributed by atoms with Crippen molar-refractivity contribution in [2.24, 2.45) is 0 Å². The molecule has 28 heavy (non-hydrogen) atoms. The van der Waals surface area contributed by atoms with E-state index in [0.29, 0.717) is 17.0 Å². The molecule has 2 amide bonds. The number of hydrogen-bond acceptors (Lipinski definition) is 4. The highest BCUT2D eigenvalue weighted by molar-refractivity contribution is 6.02. The van der Waals surface area contributed by atoms with Gasteiger partial charge in [0, 0.05) is 25.3 Å². The molecule has 6 nitrogen and oxygen atoms in total. The van der Waals surface area contributed by atoms with Gasteiger partial charge in [-0.25, -0.2) is 4.39 Å². The van der Waals surface area contributed by atoms with E-state index in [2.05, 4.69) is 5.32 Å². The van der Waals surface area contributed by atoms with Gasteiger partial charge in [-0.15, -0.1) is 0 Å². The van der Waals surface area contributed by atoms with Gasteiger partial charge in [-0.2, -0.15) is 0 Å². The zero-order valence-electron chi connectivity index (χ0n) is 15.2. The Kier molecular flexibility index (Phi) is 6.06. The molecule has 1 N–H and O–H groups in total. The van der Waals surface area contributed by atoms with Crippen molar-refractivity contribution >= 4 is 17.5 Å². The third kappa shape index (κ3) is 5.20. The first-order valence-corrected chi connectivity index (χ1v) is 8.57. The first-order chi connectivity index (χ1) is 13.5. The number of furan rings is 1. The maximum absolute atomic E-state index is 13.2. The number of carbonyl (C=O) groups excluding carboxylic acids is 2. The monoisotopic (exact) mass is 382 g/mol. The average molecular weight is 382 g/mol. The number of rotatable bonds is 7. The van der Waals surface area contributed by atoms with E-state index in [9.17, 15) is 14.0 Å². The Morgan fingerprint density at radius 1 is 1.11 bits per heavy atom. The molecule has 3 aromatic rings. The Labute approximate surface area is 161 Å². The van der Waals surface area contributed by atoms with Gasteiger partial charge in [0.2, 0.25) is 0 Å². The predicted octanol–water partition coefficient (Wildman–Crippen LogP) is 3.71. The molecule has 0 aliphatic heterocycles. The van der Waals surface area contributed by atoms with Crippen LogP contribution >= 0.6 is 0 Å². The lowest BCUT2D eigenvalue weighted by Crippen LogP contribution is -2.31. The van der Waals surface area contributed by atoms with Crippen LogP contribution in [0.4, 0.5) is 10.1 Å². The average Bonchev–Trinajstić information content (AvgIpc) is 3.21. The third-order valence-corrected chi connectivity index (χ3v) is 3.93. The van der Waals surface area contributed by atoms with Gasteiger partial charge in [-0.1, -0.05) is 18.2 Å². The Morgan fingerprint density at radius 2 is 1.93 bits per heavy atom. The molecule has 1 aromatic heterocycles. The SMILES string of the molecule is CN(Cc1cccc(F)c1)C(=O)COc1cccc(NC(=O)c2ccco2)c1. The smallest absolute Gasteiger partial charge is 0.291 e. The predicted molar refractivity (Wildman–Crippen MR) is 101 cm³/mol. The number of benzene rings is 2. The Hall–Kier alpha value is -3.61. The van der Waals surface area contributed by atoms with Gasteiger partial charge < -0.3 is 19.4 Å². The number of hydrogen-bond donors (Lipinski definition) is 1. The second kappa shape index (κ2) is 8.85. The molecule has 0 fully saturated rings. The molecule has 0 saturated carbocycles. The highest BCUT2D eigenvalue weighted by Gasteiger charge is 2.12. The van der Waals surface area contributed by atoms with Gasteiger partial charge in [-0.3, -0.25) is 9.59 Å². The Bertz CT molecular complexity index is 957. The zero-order valence-corrected chi connectivity index (χ0v) is 15.2. The van der Waals surface area contributed by atoms with Gasteiger partial charge in [-0.05, 0) is 42.0 Å². The van der Waals surface area contributed by atoms with E-state index >= 15 is 0 Å². The summed E-state index contributed by atoms with van der Waals surface area (Å²) in [5.74, 6) is -0.351. The van der Waals surface area contributed by atoms with Gasteiger partial charge in [0.1, 0.15) is 11.6 Å². The van der Waals surface area contributed by atoms with Crippen molar-refractivity contribution in [2.75, 3.05) is 19.0 Å². The first-order valence-electron chi connectivity index (χ1n) is 8.57. The summed E-state index contributed by atoms with van der Waals surface area (Å²) in [6.07, 6.45) is 1.42. The van der Waals surface area contributed by atoms with Crippen LogP contribution < -0.4 is 10.1 Å². The fourth-order valence-corrected chi connectivity index (χ4v) is 2.52. The van der Waals surface area contributed by atoms with Crippen molar-refractivity contribution in [2.45, 2.75) is 6.54 Å². The standard InChI is InChI=1S/C21H19FN2O4/c1-24(13-15-5-2-6-16(22)11-15)20(25)14-28-18-8-3-7-17(12-18)23-21(26)19-9-4-10-27-19/h2-12H,13-14H2,1H3,(H,23,26). The van der Waals surface area contributed by atoms with Gasteiger partial charge in [0.15, 0.2) is 12.4 Å². The number of amides is 2. The lowest BCUT2D eigenvalue weighted by Gasteiger charge is -2.18. The van der Waals surface area contributed by atoms with E-state index in [1.807, 2.05) is 0 Å². The van der Waals surface area contributed by atoms with Crippen molar-refractivity contribution in [3.05, 3.63) is 84.1 Å². The van der Waals surface area contributed by atoms with Crippen molar-refractivity contribution in [3.8, 4) is 5.75 Å². The second-order valence-electron chi connectivity index (χ2n) is 6.13. The lowest BCUT2D eigenvalue weighted by molar-refractivity contribution is -0.132. The zero-order chi connectivity index (χ0) is 19.9. The number of carbonyl (C=O) groups is 2. The Balaban J connectivity index is 1.53. The van der Waals surface area contributed by atoms with Crippen LogP contribution in [0.3, 0.4) is 0 Å². The lowest BCUT2D eigenvalue weighted by atomic mass is 10.2. The summed E-state index contributed by atoms with van der Waals surface area (Å²) in [6.45, 7) is 0.0978. The van der Waals surface area contributed by atoms with Crippen LogP contribution in [0.2, 0.25) is 0 Å². The first kappa shape index (κ1) is 19.2. The van der Waals surface area contributed by atoms with Crippen molar-refractivity contribution in [3.63, 3.8) is 0 Å². The quantitative estimate of drug-likeness (QED) is 0.676. The fourth-order valence-electron chi connectivity index (χ4n) is 2.52. The third-order valence-electron chi connectivity index (χ3n) is 3.93. The highest BCUT2D eigenvalue weighted by atomic mass is 19.1. The number of anilines is 1. The van der Waals surface area contributed by atoms with Crippen molar-refractivity contribution in [1.29, 1.82) is 0 Å². The van der Waals surface area contributed by atoms with Crippen LogP contribution in [-0.2, 0) is 11.3 Å². The topological polar surface area (TPSA) is 71.8 Å². The molecular weight excluding hydrogens is 363 g/mol. The molecule has 0 aliphatic carbocycles. The number of ether oxygens (including phenoxy) is 1. The van der Waals surface area contributed by atoms with Crippen molar-refractivity contribution in [1.82, 2.24) is 4.90 Å². The summed E-state index contributed by atoms with van der Waals surface area (Å²) in [5, 5.41) is 2.69.